The average molecular weight is 1880 g/mol. The minimum Gasteiger partial charge on any atom is -0.437 e. The number of benzene rings is 1. The Bertz CT molecular complexity index is 6950. The van der Waals surface area contributed by atoms with E-state index < -0.39 is 11.8 Å². The molecule has 23 rings (SSSR count). The van der Waals surface area contributed by atoms with E-state index in [1.807, 2.05) is 76.9 Å². The minimum absolute atomic E-state index is 0.00304. The molecule has 0 bridgehead atoms. The second kappa shape index (κ2) is 37.2. The number of anilines is 4. The molecule has 2 unspecified atom stereocenters. The summed E-state index contributed by atoms with van der Waals surface area (Å²) in [6, 6.07) is 24.1. The number of carbonyl (C=O) groups is 11. The molecule has 6 saturated heterocycles. The molecule has 134 heavy (non-hydrogen) atoms. The quantitative estimate of drug-likeness (QED) is 0.0238. The SMILES string of the molecule is CC1CN(C(=O)c2ccc(-c3cc(NC4CC4)c4ncc(/C=C5\CC(=O)NC5=O)n4n3)s2)CC(C)O1.CN1CCN(C(=O)c2cc(-c3cc(NC4CC4)c4ncc(/C=C5\CC(=O)NC5=O)n4n3)cs2)CC1.O=C1C/C(=C\c2cnc3c(NC4CC4)cc(-c4csc(C(=O)NC5CCCC5)c4)nn23)C(=O)N1.O=C1C/C(=C\c2cnc3c(NC4CC4)cc(Oc4cccc(Cl)c4)nn23)C(=O)N1. The number of hydrogen-bond donors (Lipinski definition) is 9. The van der Waals surface area contributed by atoms with Gasteiger partial charge >= 0.3 is 0 Å². The van der Waals surface area contributed by atoms with Crippen LogP contribution in [0.1, 0.15) is 168 Å². The van der Waals surface area contributed by atoms with Crippen LogP contribution in [-0.2, 0) is 43.1 Å². The highest BCUT2D eigenvalue weighted by Crippen LogP contribution is 2.40. The lowest BCUT2D eigenvalue weighted by atomic mass is 10.2. The van der Waals surface area contributed by atoms with E-state index in [1.165, 1.54) is 46.9 Å². The number of imidazole rings is 4. The Morgan fingerprint density at radius 2 is 0.858 bits per heavy atom. The molecule has 11 amide bonds. The van der Waals surface area contributed by atoms with E-state index in [4.69, 9.17) is 36.4 Å². The van der Waals surface area contributed by atoms with Crippen LogP contribution in [0, 0.1) is 0 Å². The van der Waals surface area contributed by atoms with Gasteiger partial charge in [0.05, 0.1) is 139 Å². The standard InChI is InChI=1S/C25H26N6O4S.C24H25N7O3S.C24H24N6O3S.C20H16ClN5O3/c1-13-11-30(12-14(2)35-13)25(34)21-6-5-20(36-21)18-9-19(27-16-3-4-16)23-26-10-17(31(23)29-18)7-15-8-22(32)28-24(15)33;1-29-4-6-30(7-5-29)24(34)20-9-15(13-35-20)18-11-19(26-16-2-3-16)22-25-12-17(31(22)28-18)8-14-10-21(32)27-23(14)33;31-21-9-13(23(32)28-21)7-17-11-25-22-19(26-16-5-6-16)10-18(29-30(17)22)14-8-20(34-12-14)24(33)27-15-3-1-2-4-15;21-12-2-1-3-15(8-12)29-18-9-16(23-13-4-5-13)19-22-10-14(26(19)25-18)6-11-7-17(27)24-20(11)28/h5-7,9-10,13-14,16,27H,3-4,8,11-12H2,1-2H3,(H,28,32,33);8-9,11-13,16,26H,2-7,10H2,1H3,(H,27,32,33);7-8,10-12,15-16,26H,1-6,9H2,(H,27,33)(H,28,31,32);1-3,6,8-10,13,23H,4-5,7H2,(H,24,27,28)/b15-7+;14-8+;13-7+;11-6+. The molecule has 12 aromatic rings. The maximum Gasteiger partial charge on any atom is 0.264 e. The maximum absolute atomic E-state index is 13.2. The molecule has 41 heteroatoms. The van der Waals surface area contributed by atoms with Crippen LogP contribution < -0.4 is 52.6 Å². The molecule has 9 N–H and O–H groups in total. The smallest absolute Gasteiger partial charge is 0.264 e. The number of morpholine rings is 1. The molecule has 0 spiro atoms. The van der Waals surface area contributed by atoms with E-state index in [1.54, 1.807) is 97.5 Å². The molecule has 11 aliphatic rings. The highest BCUT2D eigenvalue weighted by molar-refractivity contribution is 7.17. The van der Waals surface area contributed by atoms with Crippen molar-refractivity contribution in [2.24, 2.45) is 0 Å². The molecule has 1 aromatic carbocycles. The van der Waals surface area contributed by atoms with Crippen LogP contribution in [0.2, 0.25) is 5.02 Å². The van der Waals surface area contributed by atoms with E-state index in [9.17, 15) is 52.7 Å². The van der Waals surface area contributed by atoms with Crippen molar-refractivity contribution in [2.75, 3.05) is 67.6 Å². The number of nitrogens with zero attached hydrogens (tertiary/aromatic N) is 15. The fraction of sp³-hybridized carbons (Fsp3) is 0.344. The van der Waals surface area contributed by atoms with Gasteiger partial charge < -0.3 is 50.8 Å². The second-order valence-electron chi connectivity index (χ2n) is 35.1. The van der Waals surface area contributed by atoms with Crippen molar-refractivity contribution in [3.63, 3.8) is 0 Å². The highest BCUT2D eigenvalue weighted by Gasteiger charge is 2.35. The molecule has 0 radical (unpaired) electrons. The van der Waals surface area contributed by atoms with Crippen LogP contribution in [0.5, 0.6) is 11.6 Å². The van der Waals surface area contributed by atoms with Crippen molar-refractivity contribution < 1.29 is 62.2 Å². The molecular formula is C93H91ClN24O13S3. The molecule has 11 fully saturated rings. The van der Waals surface area contributed by atoms with Crippen LogP contribution in [-0.4, -0.2) is 227 Å². The van der Waals surface area contributed by atoms with Crippen molar-refractivity contribution in [3.05, 3.63) is 173 Å². The number of nitrogens with one attached hydrogen (secondary N) is 9. The first-order valence-corrected chi connectivity index (χ1v) is 47.6. The molecule has 17 heterocycles. The lowest BCUT2D eigenvalue weighted by molar-refractivity contribution is -0.125. The molecule has 686 valence electrons. The van der Waals surface area contributed by atoms with Crippen molar-refractivity contribution >= 4 is 180 Å². The predicted octanol–water partition coefficient (Wildman–Crippen LogP) is 10.9. The normalized spacial score (nSPS) is 20.4. The number of ether oxygens (including phenoxy) is 2. The van der Waals surface area contributed by atoms with Gasteiger partial charge in [-0.05, 0) is 170 Å². The first-order chi connectivity index (χ1) is 64.9. The Balaban J connectivity index is 0.000000111. The fourth-order valence-electron chi connectivity index (χ4n) is 16.6. The number of halogens is 1. The van der Waals surface area contributed by atoms with Gasteiger partial charge in [-0.1, -0.05) is 30.5 Å². The van der Waals surface area contributed by atoms with Crippen molar-refractivity contribution in [1.82, 2.24) is 99.7 Å². The van der Waals surface area contributed by atoms with E-state index in [0.717, 1.165) is 129 Å². The Kier molecular flexibility index (Phi) is 24.4. The summed E-state index contributed by atoms with van der Waals surface area (Å²) in [6.45, 7) is 8.30. The lowest BCUT2D eigenvalue weighted by Crippen LogP contribution is -2.48. The lowest BCUT2D eigenvalue weighted by Gasteiger charge is -2.35. The molecule has 5 saturated carbocycles. The first kappa shape index (κ1) is 87.9. The number of thiophene rings is 3. The summed E-state index contributed by atoms with van der Waals surface area (Å²) in [7, 11) is 2.07. The van der Waals surface area contributed by atoms with Crippen LogP contribution >= 0.6 is 45.6 Å². The summed E-state index contributed by atoms with van der Waals surface area (Å²) in [5.74, 6) is -1.89. The van der Waals surface area contributed by atoms with Crippen LogP contribution in [0.3, 0.4) is 0 Å². The van der Waals surface area contributed by atoms with Gasteiger partial charge in [-0.3, -0.25) is 74.0 Å². The van der Waals surface area contributed by atoms with Gasteiger partial charge in [-0.25, -0.2) is 38.0 Å². The largest absolute Gasteiger partial charge is 0.437 e. The number of rotatable bonds is 21. The summed E-state index contributed by atoms with van der Waals surface area (Å²) in [6.07, 6.45) is 26.6. The summed E-state index contributed by atoms with van der Waals surface area (Å²) in [5, 5.41) is 49.7. The van der Waals surface area contributed by atoms with Gasteiger partial charge in [0.15, 0.2) is 22.6 Å². The minimum atomic E-state index is -0.396. The van der Waals surface area contributed by atoms with Crippen LogP contribution in [0.25, 0.3) is 80.0 Å². The monoisotopic (exact) mass is 1880 g/mol. The maximum atomic E-state index is 13.2. The number of aromatic nitrogens is 12. The number of imide groups is 4. The van der Waals surface area contributed by atoms with Crippen LogP contribution in [0.15, 0.2) is 131 Å². The van der Waals surface area contributed by atoms with Gasteiger partial charge in [-0.2, -0.15) is 15.3 Å². The van der Waals surface area contributed by atoms with Crippen molar-refractivity contribution in [1.29, 1.82) is 0 Å². The van der Waals surface area contributed by atoms with Gasteiger partial charge in [0.1, 0.15) is 11.4 Å². The zero-order chi connectivity index (χ0) is 92.3. The third-order valence-electron chi connectivity index (χ3n) is 24.1. The Morgan fingerprint density at radius 3 is 1.28 bits per heavy atom. The van der Waals surface area contributed by atoms with Gasteiger partial charge in [0.2, 0.25) is 29.5 Å². The van der Waals surface area contributed by atoms with Gasteiger partial charge in [-0.15, -0.1) is 39.1 Å². The Hall–Kier alpha value is -14.1. The molecule has 2 atom stereocenters. The summed E-state index contributed by atoms with van der Waals surface area (Å²) in [5.41, 5.74) is 13.7. The highest BCUT2D eigenvalue weighted by atomic mass is 35.5. The number of fused-ring (bicyclic) bond motifs is 4. The molecule has 11 aromatic heterocycles. The fourth-order valence-corrected chi connectivity index (χ4v) is 19.4. The summed E-state index contributed by atoms with van der Waals surface area (Å²) < 4.78 is 18.4. The van der Waals surface area contributed by atoms with Crippen LogP contribution in [0.4, 0.5) is 22.7 Å². The Morgan fingerprint density at radius 1 is 0.455 bits per heavy atom. The molecule has 5 aliphatic carbocycles. The predicted molar refractivity (Wildman–Crippen MR) is 502 cm³/mol. The van der Waals surface area contributed by atoms with E-state index >= 15 is 0 Å². The number of piperazine rings is 1. The topological polar surface area (TPSA) is 445 Å². The molecule has 6 aliphatic heterocycles. The molecule has 37 nitrogen and oxygen atoms in total. The van der Waals surface area contributed by atoms with Gasteiger partial charge in [0.25, 0.3) is 41.4 Å². The zero-order valence-corrected chi connectivity index (χ0v) is 76.1. The molecular weight excluding hydrogens is 1790 g/mol. The summed E-state index contributed by atoms with van der Waals surface area (Å²) >= 11 is 10.3. The number of likely N-dealkylation sites (N-methyl/N-ethyl adjacent to an activating group) is 1. The van der Waals surface area contributed by atoms with Gasteiger partial charge in [0, 0.05) is 125 Å². The second-order valence-corrected chi connectivity index (χ2v) is 38.5. The number of carbonyl (C=O) groups excluding carboxylic acids is 11. The first-order valence-electron chi connectivity index (χ1n) is 44.6. The number of hydrogen-bond acceptors (Lipinski definition) is 29. The Labute approximate surface area is 781 Å². The average Bonchev–Trinajstić information content (AvgIpc) is 1.63. The third-order valence-corrected chi connectivity index (χ3v) is 27.3. The van der Waals surface area contributed by atoms with E-state index in [-0.39, 0.29) is 97.1 Å². The third kappa shape index (κ3) is 20.0. The van der Waals surface area contributed by atoms with E-state index in [2.05, 4.69) is 84.8 Å². The number of amides is 11. The zero-order valence-electron chi connectivity index (χ0n) is 72.9. The van der Waals surface area contributed by atoms with E-state index in [0.29, 0.717) is 153 Å². The van der Waals surface area contributed by atoms with Crippen molar-refractivity contribution in [3.8, 4) is 44.7 Å². The summed E-state index contributed by atoms with van der Waals surface area (Å²) in [4.78, 5) is 160. The van der Waals surface area contributed by atoms with Crippen molar-refractivity contribution in [2.45, 2.75) is 159 Å².